The zero-order valence-corrected chi connectivity index (χ0v) is 15.1. The molecule has 0 aromatic heterocycles. The number of nitrogens with one attached hydrogen (secondary N) is 2. The van der Waals surface area contributed by atoms with Gasteiger partial charge in [-0.2, -0.15) is 0 Å². The quantitative estimate of drug-likeness (QED) is 0.567. The Balaban J connectivity index is 1.76. The van der Waals surface area contributed by atoms with E-state index in [4.69, 9.17) is 21.7 Å². The van der Waals surface area contributed by atoms with Gasteiger partial charge in [0.1, 0.15) is 12.3 Å². The number of rotatable bonds is 6. The van der Waals surface area contributed by atoms with E-state index in [9.17, 15) is 14.7 Å². The minimum Gasteiger partial charge on any atom is -0.545 e. The molecule has 3 rings (SSSR count). The van der Waals surface area contributed by atoms with Crippen molar-refractivity contribution in [3.8, 4) is 11.5 Å². The molecule has 0 atom stereocenters. The number of carbonyl (C=O) groups excluding carboxylic acids is 2. The number of benzene rings is 2. The van der Waals surface area contributed by atoms with Gasteiger partial charge in [0.2, 0.25) is 0 Å². The Kier molecular flexibility index (Phi) is 5.37. The fraction of sp³-hybridized carbons (Fsp3) is 0.105. The Morgan fingerprint density at radius 2 is 2.00 bits per heavy atom. The molecule has 0 aliphatic carbocycles. The topological polar surface area (TPSA) is 99.7 Å². The van der Waals surface area contributed by atoms with Crippen molar-refractivity contribution < 1.29 is 24.2 Å². The lowest BCUT2D eigenvalue weighted by molar-refractivity contribution is -0.255. The molecular formula is C19H15N2O5S-. The summed E-state index contributed by atoms with van der Waals surface area (Å²) in [4.78, 5) is 22.6. The Labute approximate surface area is 160 Å². The van der Waals surface area contributed by atoms with Gasteiger partial charge in [-0.05, 0) is 53.2 Å². The number of aromatic carboxylic acids is 1. The fourth-order valence-corrected chi connectivity index (χ4v) is 2.69. The van der Waals surface area contributed by atoms with Gasteiger partial charge in [0.05, 0.1) is 13.1 Å². The predicted octanol–water partition coefficient (Wildman–Crippen LogP) is 0.983. The summed E-state index contributed by atoms with van der Waals surface area (Å²) >= 11 is 4.90. The second-order valence-electron chi connectivity index (χ2n) is 5.65. The van der Waals surface area contributed by atoms with E-state index in [2.05, 4.69) is 10.6 Å². The minimum atomic E-state index is -1.24. The maximum atomic E-state index is 11.7. The first-order valence-corrected chi connectivity index (χ1v) is 8.32. The van der Waals surface area contributed by atoms with Gasteiger partial charge in [0.15, 0.2) is 16.6 Å². The fourth-order valence-electron chi connectivity index (χ4n) is 2.49. The van der Waals surface area contributed by atoms with E-state index < -0.39 is 5.97 Å². The van der Waals surface area contributed by atoms with Crippen LogP contribution in [-0.4, -0.2) is 24.1 Å². The highest BCUT2D eigenvalue weighted by Crippen LogP contribution is 2.29. The van der Waals surface area contributed by atoms with Crippen LogP contribution in [0.3, 0.4) is 0 Å². The maximum absolute atomic E-state index is 11.7. The Bertz CT molecular complexity index is 955. The van der Waals surface area contributed by atoms with Crippen LogP contribution in [0.15, 0.2) is 48.2 Å². The highest BCUT2D eigenvalue weighted by molar-refractivity contribution is 7.80. The second-order valence-corrected chi connectivity index (χ2v) is 6.06. The SMILES string of the molecule is COc1cc(/C=C2\NC(=S)NC2=O)ccc1OCc1cccc(C(=O)[O-])c1. The zero-order chi connectivity index (χ0) is 19.4. The molecule has 0 saturated carbocycles. The monoisotopic (exact) mass is 383 g/mol. The molecule has 1 aliphatic heterocycles. The molecule has 27 heavy (non-hydrogen) atoms. The Hall–Kier alpha value is -3.39. The van der Waals surface area contributed by atoms with Crippen molar-refractivity contribution in [3.05, 3.63) is 64.9 Å². The average molecular weight is 383 g/mol. The number of thiocarbonyl (C=S) groups is 1. The van der Waals surface area contributed by atoms with E-state index in [0.717, 1.165) is 5.56 Å². The number of carbonyl (C=O) groups is 2. The predicted molar refractivity (Wildman–Crippen MR) is 100.0 cm³/mol. The summed E-state index contributed by atoms with van der Waals surface area (Å²) in [5.74, 6) is -0.581. The van der Waals surface area contributed by atoms with Crippen molar-refractivity contribution in [1.82, 2.24) is 10.6 Å². The van der Waals surface area contributed by atoms with Gasteiger partial charge in [-0.3, -0.25) is 10.1 Å². The van der Waals surface area contributed by atoms with Gasteiger partial charge < -0.3 is 24.7 Å². The van der Waals surface area contributed by atoms with Crippen LogP contribution in [0.4, 0.5) is 0 Å². The summed E-state index contributed by atoms with van der Waals surface area (Å²) in [6.07, 6.45) is 1.64. The van der Waals surface area contributed by atoms with E-state index in [-0.39, 0.29) is 23.2 Å². The van der Waals surface area contributed by atoms with Crippen molar-refractivity contribution in [2.45, 2.75) is 6.61 Å². The van der Waals surface area contributed by atoms with Crippen molar-refractivity contribution in [2.75, 3.05) is 7.11 Å². The molecule has 0 bridgehead atoms. The summed E-state index contributed by atoms with van der Waals surface area (Å²) in [5, 5.41) is 16.5. The number of carboxylic acid groups (broad SMARTS) is 1. The van der Waals surface area contributed by atoms with Gasteiger partial charge in [0, 0.05) is 0 Å². The maximum Gasteiger partial charge on any atom is 0.273 e. The molecule has 2 aromatic carbocycles. The molecule has 1 saturated heterocycles. The first-order valence-electron chi connectivity index (χ1n) is 7.91. The Morgan fingerprint density at radius 3 is 2.67 bits per heavy atom. The van der Waals surface area contributed by atoms with E-state index >= 15 is 0 Å². The third-order valence-electron chi connectivity index (χ3n) is 3.78. The van der Waals surface area contributed by atoms with Gasteiger partial charge in [0.25, 0.3) is 5.91 Å². The number of amides is 1. The van der Waals surface area contributed by atoms with Crippen molar-refractivity contribution in [2.24, 2.45) is 0 Å². The highest BCUT2D eigenvalue weighted by Gasteiger charge is 2.20. The zero-order valence-electron chi connectivity index (χ0n) is 14.3. The summed E-state index contributed by atoms with van der Waals surface area (Å²) in [7, 11) is 1.51. The van der Waals surface area contributed by atoms with E-state index in [1.165, 1.54) is 19.2 Å². The van der Waals surface area contributed by atoms with Gasteiger partial charge >= 0.3 is 0 Å². The van der Waals surface area contributed by atoms with Crippen LogP contribution in [0.2, 0.25) is 0 Å². The van der Waals surface area contributed by atoms with E-state index in [1.54, 1.807) is 36.4 Å². The normalized spacial score (nSPS) is 14.6. The van der Waals surface area contributed by atoms with Gasteiger partial charge in [-0.1, -0.05) is 24.3 Å². The largest absolute Gasteiger partial charge is 0.545 e. The molecule has 1 aliphatic rings. The molecule has 1 fully saturated rings. The first-order chi connectivity index (χ1) is 13.0. The van der Waals surface area contributed by atoms with Gasteiger partial charge in [-0.15, -0.1) is 0 Å². The molecule has 1 amide bonds. The summed E-state index contributed by atoms with van der Waals surface area (Å²) in [5.41, 5.74) is 1.84. The smallest absolute Gasteiger partial charge is 0.273 e. The van der Waals surface area contributed by atoms with Crippen LogP contribution in [0.1, 0.15) is 21.5 Å². The van der Waals surface area contributed by atoms with E-state index in [0.29, 0.717) is 22.8 Å². The first kappa shape index (κ1) is 18.4. The Morgan fingerprint density at radius 1 is 1.19 bits per heavy atom. The molecule has 0 unspecified atom stereocenters. The van der Waals surface area contributed by atoms with Crippen LogP contribution in [0.25, 0.3) is 6.08 Å². The van der Waals surface area contributed by atoms with E-state index in [1.807, 2.05) is 0 Å². The summed E-state index contributed by atoms with van der Waals surface area (Å²) in [6, 6.07) is 11.5. The third-order valence-corrected chi connectivity index (χ3v) is 3.98. The molecule has 2 aromatic rings. The van der Waals surface area contributed by atoms with Crippen LogP contribution >= 0.6 is 12.2 Å². The highest BCUT2D eigenvalue weighted by atomic mass is 32.1. The minimum absolute atomic E-state index is 0.0882. The lowest BCUT2D eigenvalue weighted by Crippen LogP contribution is -2.22. The van der Waals surface area contributed by atoms with Crippen LogP contribution in [-0.2, 0) is 11.4 Å². The number of methoxy groups -OCH3 is 1. The summed E-state index contributed by atoms with van der Waals surface area (Å²) in [6.45, 7) is 0.163. The van der Waals surface area contributed by atoms with Crippen LogP contribution < -0.4 is 25.2 Å². The number of carboxylic acids is 1. The number of hydrogen-bond donors (Lipinski definition) is 2. The number of ether oxygens (including phenoxy) is 2. The summed E-state index contributed by atoms with van der Waals surface area (Å²) < 4.78 is 11.1. The van der Waals surface area contributed by atoms with Crippen LogP contribution in [0, 0.1) is 0 Å². The molecule has 1 heterocycles. The molecule has 2 N–H and O–H groups in total. The number of hydrogen-bond acceptors (Lipinski definition) is 6. The average Bonchev–Trinajstić information content (AvgIpc) is 2.97. The van der Waals surface area contributed by atoms with Crippen molar-refractivity contribution >= 4 is 35.3 Å². The van der Waals surface area contributed by atoms with Crippen molar-refractivity contribution in [3.63, 3.8) is 0 Å². The molecule has 8 heteroatoms. The molecule has 7 nitrogen and oxygen atoms in total. The lowest BCUT2D eigenvalue weighted by atomic mass is 10.1. The molecule has 138 valence electrons. The molecule has 0 spiro atoms. The standard InChI is InChI=1S/C19H16N2O5S/c1-25-16-9-11(8-14-17(22)21-19(27)20-14)5-6-15(16)26-10-12-3-2-4-13(7-12)18(23)24/h2-9H,10H2,1H3,(H,23,24)(H2,20,21,22,27)/p-1/b14-8-. The molecular weight excluding hydrogens is 368 g/mol. The van der Waals surface area contributed by atoms with Gasteiger partial charge in [-0.25, -0.2) is 0 Å². The van der Waals surface area contributed by atoms with Crippen molar-refractivity contribution in [1.29, 1.82) is 0 Å². The third kappa shape index (κ3) is 4.42. The molecule has 0 radical (unpaired) electrons. The second kappa shape index (κ2) is 7.88. The van der Waals surface area contributed by atoms with Crippen LogP contribution in [0.5, 0.6) is 11.5 Å². The lowest BCUT2D eigenvalue weighted by Gasteiger charge is -2.12.